The van der Waals surface area contributed by atoms with Crippen molar-refractivity contribution in [2.45, 2.75) is 6.42 Å². The Morgan fingerprint density at radius 1 is 0.950 bits per heavy atom. The zero-order valence-corrected chi connectivity index (χ0v) is 10.7. The average molecular weight is 277 g/mol. The van der Waals surface area contributed by atoms with Gasteiger partial charge < -0.3 is 17.7 Å². The number of halogens is 3. The predicted molar refractivity (Wildman–Crippen MR) is 75.6 cm³/mol. The van der Waals surface area contributed by atoms with Gasteiger partial charge in [-0.05, 0) is 24.1 Å². The van der Waals surface area contributed by atoms with E-state index in [-0.39, 0.29) is 5.75 Å². The number of allylic oxidation sites excluding steroid dienone is 1. The van der Waals surface area contributed by atoms with Crippen LogP contribution in [0.2, 0.25) is 0 Å². The van der Waals surface area contributed by atoms with Gasteiger partial charge in [0.1, 0.15) is 11.5 Å². The van der Waals surface area contributed by atoms with Crippen molar-refractivity contribution < 1.29 is 17.7 Å². The first kappa shape index (κ1) is 14.2. The summed E-state index contributed by atoms with van der Waals surface area (Å²) in [4.78, 5) is 0. The minimum atomic E-state index is -5.10. The standard InChI is InChI=1S/C15H13BF3O/c1-2-7-12-8-3-5-10-14(12)20-15-11-6-4-9-13(15)16(17,18)19/h2-6,8-11H,1,7H2/q-1. The molecule has 0 bridgehead atoms. The van der Waals surface area contributed by atoms with Crippen LogP contribution in [0.1, 0.15) is 5.56 Å². The predicted octanol–water partition coefficient (Wildman–Crippen LogP) is 4.26. The Bertz CT molecular complexity index is 608. The molecular formula is C15H13BF3O-. The molecule has 0 radical (unpaired) electrons. The average Bonchev–Trinajstić information content (AvgIpc) is 2.41. The van der Waals surface area contributed by atoms with Crippen molar-refractivity contribution in [2.75, 3.05) is 0 Å². The molecule has 1 nitrogen and oxygen atoms in total. The van der Waals surface area contributed by atoms with Gasteiger partial charge in [-0.2, -0.15) is 0 Å². The lowest BCUT2D eigenvalue weighted by molar-refractivity contribution is 0.466. The summed E-state index contributed by atoms with van der Waals surface area (Å²) in [5, 5.41) is 0. The molecule has 2 rings (SSSR count). The van der Waals surface area contributed by atoms with Crippen molar-refractivity contribution in [1.82, 2.24) is 0 Å². The first-order valence-electron chi connectivity index (χ1n) is 6.18. The fourth-order valence-corrected chi connectivity index (χ4v) is 1.89. The van der Waals surface area contributed by atoms with Gasteiger partial charge >= 0.3 is 6.98 Å². The maximum Gasteiger partial charge on any atom is 0.513 e. The molecule has 0 amide bonds. The molecule has 20 heavy (non-hydrogen) atoms. The van der Waals surface area contributed by atoms with E-state index >= 15 is 0 Å². The van der Waals surface area contributed by atoms with E-state index in [0.29, 0.717) is 12.2 Å². The van der Waals surface area contributed by atoms with Crippen LogP contribution in [0, 0.1) is 0 Å². The van der Waals surface area contributed by atoms with Crippen molar-refractivity contribution in [3.63, 3.8) is 0 Å². The molecule has 0 spiro atoms. The van der Waals surface area contributed by atoms with Crippen molar-refractivity contribution in [3.8, 4) is 11.5 Å². The third kappa shape index (κ3) is 3.23. The maximum absolute atomic E-state index is 13.0. The number of para-hydroxylation sites is 2. The van der Waals surface area contributed by atoms with Crippen molar-refractivity contribution in [3.05, 3.63) is 66.7 Å². The van der Waals surface area contributed by atoms with E-state index in [0.717, 1.165) is 11.6 Å². The summed E-state index contributed by atoms with van der Waals surface area (Å²) in [6.07, 6.45) is 2.22. The van der Waals surface area contributed by atoms with Crippen LogP contribution < -0.4 is 10.2 Å². The first-order chi connectivity index (χ1) is 9.52. The lowest BCUT2D eigenvalue weighted by Gasteiger charge is -2.20. The molecule has 0 aliphatic heterocycles. The molecule has 2 aromatic rings. The second-order valence-electron chi connectivity index (χ2n) is 4.32. The van der Waals surface area contributed by atoms with Gasteiger partial charge in [0.05, 0.1) is 0 Å². The highest BCUT2D eigenvalue weighted by atomic mass is 19.4. The highest BCUT2D eigenvalue weighted by Gasteiger charge is 2.29. The zero-order valence-electron chi connectivity index (χ0n) is 10.7. The van der Waals surface area contributed by atoms with E-state index in [4.69, 9.17) is 4.74 Å². The topological polar surface area (TPSA) is 9.23 Å². The molecular weight excluding hydrogens is 264 g/mol. The Balaban J connectivity index is 2.38. The van der Waals surface area contributed by atoms with E-state index in [2.05, 4.69) is 6.58 Å². The molecule has 0 saturated heterocycles. The van der Waals surface area contributed by atoms with E-state index < -0.39 is 12.4 Å². The van der Waals surface area contributed by atoms with Crippen LogP contribution >= 0.6 is 0 Å². The van der Waals surface area contributed by atoms with Gasteiger partial charge in [-0.3, -0.25) is 0 Å². The molecule has 5 heteroatoms. The molecule has 104 valence electrons. The number of ether oxygens (including phenoxy) is 1. The van der Waals surface area contributed by atoms with Gasteiger partial charge in [-0.1, -0.05) is 47.9 Å². The van der Waals surface area contributed by atoms with E-state index in [1.54, 1.807) is 24.3 Å². The fourth-order valence-electron chi connectivity index (χ4n) is 1.89. The number of rotatable bonds is 5. The second-order valence-corrected chi connectivity index (χ2v) is 4.32. The van der Waals surface area contributed by atoms with Crippen LogP contribution in [0.4, 0.5) is 12.9 Å². The number of hydrogen-bond acceptors (Lipinski definition) is 1. The minimum absolute atomic E-state index is 0.170. The zero-order chi connectivity index (χ0) is 14.6. The largest absolute Gasteiger partial charge is 0.513 e. The van der Waals surface area contributed by atoms with Crippen LogP contribution in [-0.4, -0.2) is 6.98 Å². The van der Waals surface area contributed by atoms with Crippen LogP contribution in [0.5, 0.6) is 11.5 Å². The van der Waals surface area contributed by atoms with Gasteiger partial charge in [-0.25, -0.2) is 0 Å². The van der Waals surface area contributed by atoms with Crippen LogP contribution in [0.25, 0.3) is 0 Å². The van der Waals surface area contributed by atoms with Gasteiger partial charge in [0.25, 0.3) is 0 Å². The SMILES string of the molecule is C=CCc1ccccc1Oc1ccccc1[B-](F)(F)F. The summed E-state index contributed by atoms with van der Waals surface area (Å²) in [6.45, 7) is -1.47. The third-order valence-corrected chi connectivity index (χ3v) is 2.83. The fraction of sp³-hybridized carbons (Fsp3) is 0.0667. The van der Waals surface area contributed by atoms with Gasteiger partial charge in [-0.15, -0.1) is 6.58 Å². The lowest BCUT2D eigenvalue weighted by atomic mass is 9.79. The molecule has 0 unspecified atom stereocenters. The maximum atomic E-state index is 13.0. The van der Waals surface area contributed by atoms with Crippen molar-refractivity contribution in [1.29, 1.82) is 0 Å². The Morgan fingerprint density at radius 3 is 2.20 bits per heavy atom. The molecule has 0 fully saturated rings. The molecule has 0 aliphatic carbocycles. The Morgan fingerprint density at radius 2 is 1.55 bits per heavy atom. The summed E-state index contributed by atoms with van der Waals surface area (Å²) in [5.74, 6) is 0.247. The quantitative estimate of drug-likeness (QED) is 0.586. The summed E-state index contributed by atoms with van der Waals surface area (Å²) in [5.41, 5.74) is 0.0767. The molecule has 0 saturated carbocycles. The monoisotopic (exact) mass is 277 g/mol. The third-order valence-electron chi connectivity index (χ3n) is 2.83. The van der Waals surface area contributed by atoms with Crippen molar-refractivity contribution in [2.24, 2.45) is 0 Å². The summed E-state index contributed by atoms with van der Waals surface area (Å²) >= 11 is 0. The van der Waals surface area contributed by atoms with Gasteiger partial charge in [0, 0.05) is 0 Å². The minimum Gasteiger partial charge on any atom is -0.460 e. The Hall–Kier alpha value is -2.17. The van der Waals surface area contributed by atoms with Crippen LogP contribution in [0.3, 0.4) is 0 Å². The highest BCUT2D eigenvalue weighted by molar-refractivity contribution is 6.74. The smallest absolute Gasteiger partial charge is 0.460 e. The summed E-state index contributed by atoms with van der Waals surface area (Å²) in [7, 11) is 0. The van der Waals surface area contributed by atoms with Gasteiger partial charge in [0.15, 0.2) is 0 Å². The summed E-state index contributed by atoms with van der Waals surface area (Å²) < 4.78 is 44.4. The molecule has 0 heterocycles. The molecule has 0 aromatic heterocycles. The van der Waals surface area contributed by atoms with E-state index in [1.165, 1.54) is 18.2 Å². The lowest BCUT2D eigenvalue weighted by Crippen LogP contribution is -2.34. The number of hydrogen-bond donors (Lipinski definition) is 0. The summed E-state index contributed by atoms with van der Waals surface area (Å²) in [6, 6.07) is 12.2. The highest BCUT2D eigenvalue weighted by Crippen LogP contribution is 2.27. The molecule has 0 N–H and O–H groups in total. The molecule has 0 atom stereocenters. The first-order valence-corrected chi connectivity index (χ1v) is 6.18. The number of benzene rings is 2. The van der Waals surface area contributed by atoms with Gasteiger partial charge in [0.2, 0.25) is 0 Å². The van der Waals surface area contributed by atoms with Crippen LogP contribution in [0.15, 0.2) is 61.2 Å². The van der Waals surface area contributed by atoms with Crippen molar-refractivity contribution >= 4 is 12.4 Å². The second kappa shape index (κ2) is 5.86. The van der Waals surface area contributed by atoms with Crippen LogP contribution in [-0.2, 0) is 6.42 Å². The Labute approximate surface area is 115 Å². The van der Waals surface area contributed by atoms with E-state index in [9.17, 15) is 12.9 Å². The normalized spacial score (nSPS) is 11.2. The molecule has 2 aromatic carbocycles. The Kier molecular flexibility index (Phi) is 4.18. The molecule has 0 aliphatic rings. The van der Waals surface area contributed by atoms with E-state index in [1.807, 2.05) is 6.07 Å².